The quantitative estimate of drug-likeness (QED) is 0.709. The Balaban J connectivity index is 1.33. The van der Waals surface area contributed by atoms with E-state index in [9.17, 15) is 18.8 Å². The van der Waals surface area contributed by atoms with E-state index in [0.29, 0.717) is 37.5 Å². The standard InChI is InChI=1S/C24H26FN3O3/c25-20-9-5-18(6-10-20)16-27(15-17-3-4-17)23(30)14-26-24(31)19-7-11-21(12-8-19)28-13-1-2-22(28)29/h5-12,17H,1-4,13-16H2,(H,26,31). The molecule has 1 N–H and O–H groups in total. The molecule has 0 aromatic heterocycles. The van der Waals surface area contributed by atoms with E-state index in [2.05, 4.69) is 5.32 Å². The van der Waals surface area contributed by atoms with Crippen molar-refractivity contribution in [3.8, 4) is 0 Å². The van der Waals surface area contributed by atoms with Gasteiger partial charge in [0.1, 0.15) is 5.82 Å². The van der Waals surface area contributed by atoms with Crippen LogP contribution in [0.5, 0.6) is 0 Å². The number of hydrogen-bond donors (Lipinski definition) is 1. The Morgan fingerprint density at radius 3 is 2.39 bits per heavy atom. The van der Waals surface area contributed by atoms with Crippen molar-refractivity contribution >= 4 is 23.4 Å². The lowest BCUT2D eigenvalue weighted by molar-refractivity contribution is -0.131. The number of carbonyl (C=O) groups excluding carboxylic acids is 3. The van der Waals surface area contributed by atoms with Crippen LogP contribution in [0.25, 0.3) is 0 Å². The van der Waals surface area contributed by atoms with Gasteiger partial charge in [-0.1, -0.05) is 12.1 Å². The fourth-order valence-electron chi connectivity index (χ4n) is 3.76. The molecular weight excluding hydrogens is 397 g/mol. The molecule has 0 atom stereocenters. The maximum Gasteiger partial charge on any atom is 0.251 e. The van der Waals surface area contributed by atoms with Crippen molar-refractivity contribution in [3.05, 3.63) is 65.5 Å². The Kier molecular flexibility index (Phi) is 6.30. The van der Waals surface area contributed by atoms with Gasteiger partial charge in [-0.15, -0.1) is 0 Å². The molecule has 2 fully saturated rings. The zero-order valence-corrected chi connectivity index (χ0v) is 17.4. The molecule has 0 spiro atoms. The van der Waals surface area contributed by atoms with E-state index >= 15 is 0 Å². The van der Waals surface area contributed by atoms with Crippen molar-refractivity contribution in [2.24, 2.45) is 5.92 Å². The summed E-state index contributed by atoms with van der Waals surface area (Å²) >= 11 is 0. The summed E-state index contributed by atoms with van der Waals surface area (Å²) in [7, 11) is 0. The summed E-state index contributed by atoms with van der Waals surface area (Å²) in [5, 5.41) is 2.69. The summed E-state index contributed by atoms with van der Waals surface area (Å²) in [5.74, 6) is -0.207. The second kappa shape index (κ2) is 9.29. The molecule has 1 heterocycles. The fourth-order valence-corrected chi connectivity index (χ4v) is 3.76. The Labute approximate surface area is 181 Å². The van der Waals surface area contributed by atoms with Crippen molar-refractivity contribution in [2.75, 3.05) is 24.5 Å². The van der Waals surface area contributed by atoms with Crippen molar-refractivity contribution < 1.29 is 18.8 Å². The second-order valence-corrected chi connectivity index (χ2v) is 8.22. The van der Waals surface area contributed by atoms with Crippen LogP contribution in [0.15, 0.2) is 48.5 Å². The number of anilines is 1. The zero-order valence-electron chi connectivity index (χ0n) is 17.4. The predicted molar refractivity (Wildman–Crippen MR) is 115 cm³/mol. The highest BCUT2D eigenvalue weighted by Gasteiger charge is 2.27. The van der Waals surface area contributed by atoms with Gasteiger partial charge in [-0.05, 0) is 67.1 Å². The summed E-state index contributed by atoms with van der Waals surface area (Å²) in [4.78, 5) is 40.6. The van der Waals surface area contributed by atoms with Crippen LogP contribution in [-0.2, 0) is 16.1 Å². The maximum atomic E-state index is 13.2. The van der Waals surface area contributed by atoms with Gasteiger partial charge >= 0.3 is 0 Å². The molecule has 3 amide bonds. The molecule has 2 aromatic carbocycles. The van der Waals surface area contributed by atoms with Crippen molar-refractivity contribution in [2.45, 2.75) is 32.2 Å². The fraction of sp³-hybridized carbons (Fsp3) is 0.375. The minimum Gasteiger partial charge on any atom is -0.343 e. The van der Waals surface area contributed by atoms with Crippen LogP contribution < -0.4 is 10.2 Å². The monoisotopic (exact) mass is 423 g/mol. The van der Waals surface area contributed by atoms with Crippen LogP contribution in [0.1, 0.15) is 41.6 Å². The molecule has 2 aliphatic rings. The van der Waals surface area contributed by atoms with Crippen LogP contribution in [0, 0.1) is 11.7 Å². The first kappa shape index (κ1) is 21.0. The van der Waals surface area contributed by atoms with E-state index in [0.717, 1.165) is 30.5 Å². The van der Waals surface area contributed by atoms with Crippen molar-refractivity contribution in [1.82, 2.24) is 10.2 Å². The lowest BCUT2D eigenvalue weighted by Gasteiger charge is -2.23. The number of carbonyl (C=O) groups is 3. The Bertz CT molecular complexity index is 955. The number of hydrogen-bond acceptors (Lipinski definition) is 3. The minimum atomic E-state index is -0.333. The molecule has 7 heteroatoms. The van der Waals surface area contributed by atoms with Gasteiger partial charge in [0.25, 0.3) is 5.91 Å². The molecule has 0 radical (unpaired) electrons. The van der Waals surface area contributed by atoms with Gasteiger partial charge in [-0.2, -0.15) is 0 Å². The molecule has 31 heavy (non-hydrogen) atoms. The van der Waals surface area contributed by atoms with Crippen LogP contribution in [0.3, 0.4) is 0 Å². The summed E-state index contributed by atoms with van der Waals surface area (Å²) in [5.41, 5.74) is 2.08. The molecule has 1 saturated carbocycles. The van der Waals surface area contributed by atoms with E-state index in [4.69, 9.17) is 0 Å². The molecule has 1 aliphatic carbocycles. The summed E-state index contributed by atoms with van der Waals surface area (Å²) in [6.45, 7) is 1.64. The van der Waals surface area contributed by atoms with Crippen molar-refractivity contribution in [1.29, 1.82) is 0 Å². The number of rotatable bonds is 8. The van der Waals surface area contributed by atoms with Gasteiger partial charge in [-0.25, -0.2) is 4.39 Å². The summed E-state index contributed by atoms with van der Waals surface area (Å²) in [6, 6.07) is 13.0. The normalized spacial score (nSPS) is 15.8. The summed E-state index contributed by atoms with van der Waals surface area (Å²) in [6.07, 6.45) is 3.61. The zero-order chi connectivity index (χ0) is 21.8. The van der Waals surface area contributed by atoms with Crippen LogP contribution >= 0.6 is 0 Å². The molecule has 6 nitrogen and oxygen atoms in total. The van der Waals surface area contributed by atoms with E-state index in [1.54, 1.807) is 46.2 Å². The molecule has 0 bridgehead atoms. The third-order valence-corrected chi connectivity index (χ3v) is 5.73. The highest BCUT2D eigenvalue weighted by molar-refractivity contribution is 5.98. The number of nitrogens with zero attached hydrogens (tertiary/aromatic N) is 2. The molecule has 162 valence electrons. The van der Waals surface area contributed by atoms with Gasteiger partial charge in [0, 0.05) is 37.3 Å². The average molecular weight is 423 g/mol. The maximum absolute atomic E-state index is 13.2. The number of amides is 3. The van der Waals surface area contributed by atoms with Gasteiger partial charge < -0.3 is 15.1 Å². The third kappa shape index (κ3) is 5.48. The highest BCUT2D eigenvalue weighted by atomic mass is 19.1. The number of benzene rings is 2. The third-order valence-electron chi connectivity index (χ3n) is 5.73. The van der Waals surface area contributed by atoms with Crippen molar-refractivity contribution in [3.63, 3.8) is 0 Å². The summed E-state index contributed by atoms with van der Waals surface area (Å²) < 4.78 is 13.2. The molecule has 1 saturated heterocycles. The number of halogens is 1. The lowest BCUT2D eigenvalue weighted by atomic mass is 10.1. The topological polar surface area (TPSA) is 69.7 Å². The first-order valence-corrected chi connectivity index (χ1v) is 10.7. The molecule has 1 aliphatic heterocycles. The van der Waals surface area contributed by atoms with E-state index in [1.807, 2.05) is 0 Å². The van der Waals surface area contributed by atoms with E-state index < -0.39 is 0 Å². The Hall–Kier alpha value is -3.22. The average Bonchev–Trinajstić information content (AvgIpc) is 3.50. The number of nitrogens with one attached hydrogen (secondary N) is 1. The van der Waals surface area contributed by atoms with Gasteiger partial charge in [0.2, 0.25) is 11.8 Å². The second-order valence-electron chi connectivity index (χ2n) is 8.22. The Morgan fingerprint density at radius 1 is 1.06 bits per heavy atom. The first-order valence-electron chi connectivity index (χ1n) is 10.7. The highest BCUT2D eigenvalue weighted by Crippen LogP contribution is 2.30. The largest absolute Gasteiger partial charge is 0.343 e. The smallest absolute Gasteiger partial charge is 0.251 e. The predicted octanol–water partition coefficient (Wildman–Crippen LogP) is 3.12. The Morgan fingerprint density at radius 2 is 1.77 bits per heavy atom. The van der Waals surface area contributed by atoms with Crippen LogP contribution in [0.4, 0.5) is 10.1 Å². The van der Waals surface area contributed by atoms with Gasteiger partial charge in [0.15, 0.2) is 0 Å². The molecule has 2 aromatic rings. The SMILES string of the molecule is O=C(NCC(=O)N(Cc1ccc(F)cc1)CC1CC1)c1ccc(N2CCCC2=O)cc1. The van der Waals surface area contributed by atoms with E-state index in [1.165, 1.54) is 12.1 Å². The minimum absolute atomic E-state index is 0.0970. The van der Waals surface area contributed by atoms with Crippen LogP contribution in [0.2, 0.25) is 0 Å². The molecular formula is C24H26FN3O3. The first-order chi connectivity index (χ1) is 15.0. The molecule has 0 unspecified atom stereocenters. The van der Waals surface area contributed by atoms with E-state index in [-0.39, 0.29) is 30.1 Å². The van der Waals surface area contributed by atoms with Gasteiger partial charge in [-0.3, -0.25) is 14.4 Å². The van der Waals surface area contributed by atoms with Gasteiger partial charge in [0.05, 0.1) is 6.54 Å². The molecule has 4 rings (SSSR count). The lowest BCUT2D eigenvalue weighted by Crippen LogP contribution is -2.40. The van der Waals surface area contributed by atoms with Crippen LogP contribution in [-0.4, -0.2) is 42.3 Å².